The average Bonchev–Trinajstić information content (AvgIpc) is 2.85. The van der Waals surface area contributed by atoms with Crippen molar-refractivity contribution in [3.8, 4) is 11.3 Å². The highest BCUT2D eigenvalue weighted by molar-refractivity contribution is 5.87. The monoisotopic (exact) mass is 460 g/mol. The van der Waals surface area contributed by atoms with E-state index < -0.39 is 0 Å². The predicted octanol–water partition coefficient (Wildman–Crippen LogP) is 6.97. The molecule has 0 fully saturated rings. The molecule has 34 heavy (non-hydrogen) atoms. The smallest absolute Gasteiger partial charge is 0.242 e. The van der Waals surface area contributed by atoms with Crippen LogP contribution in [0.4, 0.5) is 0 Å². The number of benzene rings is 2. The van der Waals surface area contributed by atoms with E-state index in [9.17, 15) is 9.59 Å². The molecule has 0 saturated carbocycles. The highest BCUT2D eigenvalue weighted by Crippen LogP contribution is 2.24. The number of carbonyl (C=O) groups excluding carboxylic acids is 1. The zero-order chi connectivity index (χ0) is 24.3. The van der Waals surface area contributed by atoms with E-state index >= 15 is 0 Å². The number of rotatable bonds is 13. The van der Waals surface area contributed by atoms with Gasteiger partial charge in [-0.25, -0.2) is 0 Å². The number of aryl methyl sites for hydroxylation is 1. The number of pyridine rings is 1. The fraction of sp³-hybridized carbons (Fsp3) is 0.467. The first-order valence-corrected chi connectivity index (χ1v) is 13.0. The summed E-state index contributed by atoms with van der Waals surface area (Å²) in [4.78, 5) is 28.8. The van der Waals surface area contributed by atoms with Crippen molar-refractivity contribution in [2.24, 2.45) is 0 Å². The number of fused-ring (bicyclic) bond motifs is 1. The van der Waals surface area contributed by atoms with Crippen LogP contribution in [0.15, 0.2) is 59.4 Å². The van der Waals surface area contributed by atoms with Crippen molar-refractivity contribution in [1.82, 2.24) is 9.47 Å². The van der Waals surface area contributed by atoms with Gasteiger partial charge in [-0.2, -0.15) is 0 Å². The van der Waals surface area contributed by atoms with Crippen LogP contribution in [0.2, 0.25) is 0 Å². The zero-order valence-electron chi connectivity index (χ0n) is 21.2. The second kappa shape index (κ2) is 13.1. The first-order valence-electron chi connectivity index (χ1n) is 13.0. The lowest BCUT2D eigenvalue weighted by molar-refractivity contribution is -0.131. The molecule has 0 unspecified atom stereocenters. The molecule has 0 aliphatic carbocycles. The third-order valence-electron chi connectivity index (χ3n) is 6.63. The summed E-state index contributed by atoms with van der Waals surface area (Å²) in [6.07, 6.45) is 9.20. The molecule has 0 bridgehead atoms. The first kappa shape index (κ1) is 25.7. The SMILES string of the molecule is CCCCCCN(CCCCCC)C(=O)Cn1c(-c2ccccc2)cc(=O)c2c(C)cccc21. The molecule has 1 aromatic heterocycles. The summed E-state index contributed by atoms with van der Waals surface area (Å²) in [6.45, 7) is 8.24. The summed E-state index contributed by atoms with van der Waals surface area (Å²) in [7, 11) is 0. The maximum absolute atomic E-state index is 13.7. The van der Waals surface area contributed by atoms with Crippen molar-refractivity contribution in [3.63, 3.8) is 0 Å². The van der Waals surface area contributed by atoms with Gasteiger partial charge in [-0.05, 0) is 37.0 Å². The van der Waals surface area contributed by atoms with Gasteiger partial charge in [0.15, 0.2) is 5.43 Å². The number of unbranched alkanes of at least 4 members (excludes halogenated alkanes) is 6. The minimum atomic E-state index is 0.00615. The van der Waals surface area contributed by atoms with E-state index in [2.05, 4.69) is 18.7 Å². The lowest BCUT2D eigenvalue weighted by Crippen LogP contribution is -2.36. The first-order chi connectivity index (χ1) is 16.6. The number of carbonyl (C=O) groups is 1. The molecule has 182 valence electrons. The molecule has 3 rings (SSSR count). The van der Waals surface area contributed by atoms with Gasteiger partial charge >= 0.3 is 0 Å². The van der Waals surface area contributed by atoms with Crippen LogP contribution < -0.4 is 5.43 Å². The summed E-state index contributed by atoms with van der Waals surface area (Å²) < 4.78 is 2.05. The molecular formula is C30H40N2O2. The van der Waals surface area contributed by atoms with Gasteiger partial charge in [-0.3, -0.25) is 9.59 Å². The lowest BCUT2D eigenvalue weighted by atomic mass is 10.0. The molecule has 3 aromatic rings. The van der Waals surface area contributed by atoms with Crippen molar-refractivity contribution < 1.29 is 4.79 Å². The van der Waals surface area contributed by atoms with Crippen LogP contribution in [0.25, 0.3) is 22.2 Å². The Bertz CT molecular complexity index is 1110. The van der Waals surface area contributed by atoms with E-state index in [-0.39, 0.29) is 17.9 Å². The molecule has 0 radical (unpaired) electrons. The molecule has 1 heterocycles. The van der Waals surface area contributed by atoms with E-state index in [1.165, 1.54) is 25.7 Å². The van der Waals surface area contributed by atoms with Gasteiger partial charge in [-0.1, -0.05) is 94.8 Å². The second-order valence-corrected chi connectivity index (χ2v) is 9.32. The third kappa shape index (κ3) is 6.59. The number of hydrogen-bond donors (Lipinski definition) is 0. The minimum absolute atomic E-state index is 0.00615. The average molecular weight is 461 g/mol. The van der Waals surface area contributed by atoms with Crippen LogP contribution in [0.1, 0.15) is 70.8 Å². The van der Waals surface area contributed by atoms with Crippen LogP contribution >= 0.6 is 0 Å². The van der Waals surface area contributed by atoms with Crippen molar-refractivity contribution in [3.05, 3.63) is 70.4 Å². The standard InChI is InChI=1S/C30H40N2O2/c1-4-6-8-13-20-31(21-14-9-7-5-2)29(34)23-32-26-19-15-16-24(3)30(26)28(33)22-27(32)25-17-11-10-12-18-25/h10-12,15-19,22H,4-9,13-14,20-21,23H2,1-3H3. The molecule has 2 aromatic carbocycles. The fourth-order valence-corrected chi connectivity index (χ4v) is 4.68. The van der Waals surface area contributed by atoms with Crippen molar-refractivity contribution in [2.45, 2.75) is 78.7 Å². The van der Waals surface area contributed by atoms with Gasteiger partial charge in [0.1, 0.15) is 6.54 Å². The normalized spacial score (nSPS) is 11.1. The Hall–Kier alpha value is -2.88. The summed E-state index contributed by atoms with van der Waals surface area (Å²) in [5, 5.41) is 0.701. The third-order valence-corrected chi connectivity index (χ3v) is 6.63. The zero-order valence-corrected chi connectivity index (χ0v) is 21.2. The number of hydrogen-bond acceptors (Lipinski definition) is 2. The quantitative estimate of drug-likeness (QED) is 0.259. The molecule has 0 saturated heterocycles. The molecule has 0 atom stereocenters. The van der Waals surface area contributed by atoms with Crippen LogP contribution in [-0.4, -0.2) is 28.5 Å². The summed E-state index contributed by atoms with van der Waals surface area (Å²) >= 11 is 0. The highest BCUT2D eigenvalue weighted by Gasteiger charge is 2.18. The van der Waals surface area contributed by atoms with Gasteiger partial charge < -0.3 is 9.47 Å². The number of nitrogens with zero attached hydrogens (tertiary/aromatic N) is 2. The van der Waals surface area contributed by atoms with Crippen molar-refractivity contribution in [1.29, 1.82) is 0 Å². The van der Waals surface area contributed by atoms with Crippen molar-refractivity contribution in [2.75, 3.05) is 13.1 Å². The Morgan fingerprint density at radius 2 is 1.47 bits per heavy atom. The molecule has 0 spiro atoms. The van der Waals surface area contributed by atoms with E-state index in [1.54, 1.807) is 6.07 Å². The van der Waals surface area contributed by atoms with Crippen LogP contribution in [0, 0.1) is 6.92 Å². The van der Waals surface area contributed by atoms with Crippen LogP contribution in [0.3, 0.4) is 0 Å². The lowest BCUT2D eigenvalue weighted by Gasteiger charge is -2.25. The van der Waals surface area contributed by atoms with Gasteiger partial charge in [-0.15, -0.1) is 0 Å². The van der Waals surface area contributed by atoms with Gasteiger partial charge in [0, 0.05) is 24.5 Å². The number of amides is 1. The molecule has 4 nitrogen and oxygen atoms in total. The van der Waals surface area contributed by atoms with E-state index in [1.807, 2.05) is 60.0 Å². The Morgan fingerprint density at radius 1 is 0.824 bits per heavy atom. The molecule has 0 aliphatic rings. The Balaban J connectivity index is 1.96. The van der Waals surface area contributed by atoms with E-state index in [4.69, 9.17) is 0 Å². The predicted molar refractivity (Wildman–Crippen MR) is 143 cm³/mol. The van der Waals surface area contributed by atoms with Crippen LogP contribution in [0.5, 0.6) is 0 Å². The summed E-state index contributed by atoms with van der Waals surface area (Å²) in [5.74, 6) is 0.136. The fourth-order valence-electron chi connectivity index (χ4n) is 4.68. The number of aromatic nitrogens is 1. The molecule has 0 N–H and O–H groups in total. The topological polar surface area (TPSA) is 42.3 Å². The van der Waals surface area contributed by atoms with Crippen molar-refractivity contribution >= 4 is 16.8 Å². The molecule has 1 amide bonds. The van der Waals surface area contributed by atoms with Gasteiger partial charge in [0.05, 0.1) is 11.2 Å². The Morgan fingerprint density at radius 3 is 2.09 bits per heavy atom. The largest absolute Gasteiger partial charge is 0.341 e. The van der Waals surface area contributed by atoms with E-state index in [0.717, 1.165) is 61.1 Å². The highest BCUT2D eigenvalue weighted by atomic mass is 16.2. The van der Waals surface area contributed by atoms with E-state index in [0.29, 0.717) is 5.39 Å². The maximum atomic E-state index is 13.7. The summed E-state index contributed by atoms with van der Waals surface area (Å²) in [5.41, 5.74) is 3.53. The molecule has 0 aliphatic heterocycles. The van der Waals surface area contributed by atoms with Gasteiger partial charge in [0.2, 0.25) is 5.91 Å². The summed E-state index contributed by atoms with van der Waals surface area (Å²) in [6, 6.07) is 17.5. The Labute approximate surface area is 204 Å². The maximum Gasteiger partial charge on any atom is 0.242 e. The minimum Gasteiger partial charge on any atom is -0.341 e. The molecular weight excluding hydrogens is 420 g/mol. The van der Waals surface area contributed by atoms with Gasteiger partial charge in [0.25, 0.3) is 0 Å². The second-order valence-electron chi connectivity index (χ2n) is 9.32. The van der Waals surface area contributed by atoms with Crippen LogP contribution in [-0.2, 0) is 11.3 Å². The molecule has 4 heteroatoms. The Kier molecular flexibility index (Phi) is 9.93.